The maximum atomic E-state index is 4.09. The van der Waals surface area contributed by atoms with Gasteiger partial charge in [0.2, 0.25) is 0 Å². The highest BCUT2D eigenvalue weighted by molar-refractivity contribution is 5.56. The number of azo groups is 1. The SMILES string of the molecule is C=CN=NCCCCCCCCn1cc(C(=C)C)nn1. The second-order valence-electron chi connectivity index (χ2n) is 4.93. The number of hydrogen-bond donors (Lipinski definition) is 0. The fraction of sp³-hybridized carbons (Fsp3) is 0.600. The summed E-state index contributed by atoms with van der Waals surface area (Å²) in [5.41, 5.74) is 1.85. The summed E-state index contributed by atoms with van der Waals surface area (Å²) < 4.78 is 1.90. The molecule has 0 N–H and O–H groups in total. The van der Waals surface area contributed by atoms with Gasteiger partial charge in [-0.25, -0.2) is 0 Å². The van der Waals surface area contributed by atoms with Crippen LogP contribution in [-0.2, 0) is 6.54 Å². The lowest BCUT2D eigenvalue weighted by atomic mass is 10.1. The first-order valence-electron chi connectivity index (χ1n) is 7.27. The van der Waals surface area contributed by atoms with Gasteiger partial charge in [-0.15, -0.1) is 5.10 Å². The van der Waals surface area contributed by atoms with E-state index in [2.05, 4.69) is 33.7 Å². The van der Waals surface area contributed by atoms with Crippen molar-refractivity contribution in [2.24, 2.45) is 10.2 Å². The summed E-state index contributed by atoms with van der Waals surface area (Å²) in [6.45, 7) is 11.0. The van der Waals surface area contributed by atoms with Gasteiger partial charge in [0.1, 0.15) is 5.69 Å². The second-order valence-corrected chi connectivity index (χ2v) is 4.93. The summed E-state index contributed by atoms with van der Waals surface area (Å²) in [7, 11) is 0. The maximum Gasteiger partial charge on any atom is 0.108 e. The van der Waals surface area contributed by atoms with Crippen molar-refractivity contribution in [1.82, 2.24) is 15.0 Å². The predicted octanol–water partition coefficient (Wildman–Crippen LogP) is 4.25. The fourth-order valence-corrected chi connectivity index (χ4v) is 1.88. The minimum absolute atomic E-state index is 0.814. The third-order valence-electron chi connectivity index (χ3n) is 3.03. The van der Waals surface area contributed by atoms with Crippen LogP contribution in [0.2, 0.25) is 0 Å². The molecule has 110 valence electrons. The third-order valence-corrected chi connectivity index (χ3v) is 3.03. The molecule has 0 aliphatic rings. The van der Waals surface area contributed by atoms with Gasteiger partial charge < -0.3 is 0 Å². The lowest BCUT2D eigenvalue weighted by molar-refractivity contribution is 0.514. The van der Waals surface area contributed by atoms with E-state index in [1.54, 1.807) is 0 Å². The summed E-state index contributed by atoms with van der Waals surface area (Å²) in [6.07, 6.45) is 10.7. The molecule has 0 atom stereocenters. The van der Waals surface area contributed by atoms with Crippen LogP contribution < -0.4 is 0 Å². The number of aryl methyl sites for hydroxylation is 1. The number of rotatable bonds is 11. The lowest BCUT2D eigenvalue weighted by Gasteiger charge is -2.01. The van der Waals surface area contributed by atoms with Gasteiger partial charge in [0.15, 0.2) is 0 Å². The van der Waals surface area contributed by atoms with E-state index in [1.807, 2.05) is 17.8 Å². The Morgan fingerprint density at radius 2 is 1.95 bits per heavy atom. The average molecular weight is 275 g/mol. The quantitative estimate of drug-likeness (QED) is 0.448. The van der Waals surface area contributed by atoms with Gasteiger partial charge in [-0.3, -0.25) is 4.68 Å². The molecule has 0 fully saturated rings. The van der Waals surface area contributed by atoms with Crippen LogP contribution in [0.4, 0.5) is 0 Å². The van der Waals surface area contributed by atoms with E-state index in [9.17, 15) is 0 Å². The zero-order valence-electron chi connectivity index (χ0n) is 12.5. The predicted molar refractivity (Wildman–Crippen MR) is 82.4 cm³/mol. The molecule has 0 amide bonds. The van der Waals surface area contributed by atoms with Crippen LogP contribution in [0.15, 0.2) is 35.8 Å². The van der Waals surface area contributed by atoms with E-state index in [4.69, 9.17) is 0 Å². The summed E-state index contributed by atoms with van der Waals surface area (Å²) in [4.78, 5) is 0. The van der Waals surface area contributed by atoms with Crippen molar-refractivity contribution in [3.05, 3.63) is 31.2 Å². The Kier molecular flexibility index (Phi) is 8.19. The number of unbranched alkanes of at least 4 members (excludes halogenated alkanes) is 5. The largest absolute Gasteiger partial charge is 0.252 e. The van der Waals surface area contributed by atoms with E-state index in [0.29, 0.717) is 0 Å². The van der Waals surface area contributed by atoms with Crippen molar-refractivity contribution in [2.75, 3.05) is 6.54 Å². The molecular weight excluding hydrogens is 250 g/mol. The molecular formula is C15H25N5. The Morgan fingerprint density at radius 3 is 2.60 bits per heavy atom. The molecule has 0 radical (unpaired) electrons. The number of allylic oxidation sites excluding steroid dienone is 1. The van der Waals surface area contributed by atoms with Crippen LogP contribution >= 0.6 is 0 Å². The monoisotopic (exact) mass is 275 g/mol. The summed E-state index contributed by atoms with van der Waals surface area (Å²) >= 11 is 0. The molecule has 5 heteroatoms. The maximum absolute atomic E-state index is 4.09. The molecule has 0 aliphatic carbocycles. The minimum Gasteiger partial charge on any atom is -0.252 e. The number of hydrogen-bond acceptors (Lipinski definition) is 4. The first-order chi connectivity index (χ1) is 9.74. The van der Waals surface area contributed by atoms with Crippen LogP contribution in [0.1, 0.15) is 51.1 Å². The molecule has 0 unspecified atom stereocenters. The molecule has 0 aromatic carbocycles. The van der Waals surface area contributed by atoms with Gasteiger partial charge in [-0.2, -0.15) is 10.2 Å². The van der Waals surface area contributed by atoms with Crippen LogP contribution in [0.25, 0.3) is 5.57 Å². The van der Waals surface area contributed by atoms with Crippen molar-refractivity contribution < 1.29 is 0 Å². The smallest absolute Gasteiger partial charge is 0.108 e. The first-order valence-corrected chi connectivity index (χ1v) is 7.27. The molecule has 0 saturated heterocycles. The highest BCUT2D eigenvalue weighted by Crippen LogP contribution is 2.09. The minimum atomic E-state index is 0.814. The Balaban J connectivity index is 1.97. The number of aromatic nitrogens is 3. The molecule has 1 aromatic rings. The summed E-state index contributed by atoms with van der Waals surface area (Å²) in [5, 5.41) is 15.9. The highest BCUT2D eigenvalue weighted by atomic mass is 15.4. The third kappa shape index (κ3) is 6.97. The molecule has 0 aliphatic heterocycles. The summed E-state index contributed by atoms with van der Waals surface area (Å²) in [6, 6.07) is 0. The van der Waals surface area contributed by atoms with Crippen molar-refractivity contribution >= 4 is 5.57 Å². The standard InChI is InChI=1S/C15H25N5/c1-4-16-17-11-9-7-5-6-8-10-12-20-13-15(14(2)3)18-19-20/h4,13H,1-2,5-12H2,3H3. The molecule has 0 bridgehead atoms. The molecule has 0 saturated carbocycles. The van der Waals surface area contributed by atoms with Crippen molar-refractivity contribution in [1.29, 1.82) is 0 Å². The van der Waals surface area contributed by atoms with Gasteiger partial charge in [0, 0.05) is 12.7 Å². The molecule has 1 heterocycles. The zero-order chi connectivity index (χ0) is 14.6. The topological polar surface area (TPSA) is 55.4 Å². The molecule has 1 aromatic heterocycles. The molecule has 5 nitrogen and oxygen atoms in total. The second kappa shape index (κ2) is 10.1. The van der Waals surface area contributed by atoms with E-state index in [1.165, 1.54) is 31.9 Å². The van der Waals surface area contributed by atoms with Gasteiger partial charge in [0.05, 0.1) is 12.7 Å². The van der Waals surface area contributed by atoms with E-state index in [-0.39, 0.29) is 0 Å². The summed E-state index contributed by atoms with van der Waals surface area (Å²) in [5.74, 6) is 0. The van der Waals surface area contributed by atoms with E-state index >= 15 is 0 Å². The molecule has 0 spiro atoms. The lowest BCUT2D eigenvalue weighted by Crippen LogP contribution is -1.98. The van der Waals surface area contributed by atoms with Crippen molar-refractivity contribution in [3.63, 3.8) is 0 Å². The molecule has 20 heavy (non-hydrogen) atoms. The Morgan fingerprint density at radius 1 is 1.25 bits per heavy atom. The van der Waals surface area contributed by atoms with Gasteiger partial charge in [-0.1, -0.05) is 44.1 Å². The van der Waals surface area contributed by atoms with E-state index < -0.39 is 0 Å². The Hall–Kier alpha value is -1.78. The normalized spacial score (nSPS) is 11.1. The van der Waals surface area contributed by atoms with E-state index in [0.717, 1.165) is 37.2 Å². The zero-order valence-corrected chi connectivity index (χ0v) is 12.5. The van der Waals surface area contributed by atoms with Crippen LogP contribution in [0, 0.1) is 0 Å². The van der Waals surface area contributed by atoms with Gasteiger partial charge in [0.25, 0.3) is 0 Å². The highest BCUT2D eigenvalue weighted by Gasteiger charge is 2.00. The Bertz CT molecular complexity index is 433. The van der Waals surface area contributed by atoms with Gasteiger partial charge in [-0.05, 0) is 25.3 Å². The van der Waals surface area contributed by atoms with Crippen molar-refractivity contribution in [2.45, 2.75) is 52.0 Å². The molecule has 1 rings (SSSR count). The average Bonchev–Trinajstić information content (AvgIpc) is 2.90. The first kappa shape index (κ1) is 16.3. The van der Waals surface area contributed by atoms with Gasteiger partial charge >= 0.3 is 0 Å². The Labute approximate surface area is 121 Å². The number of nitrogens with zero attached hydrogens (tertiary/aromatic N) is 5. The fourth-order valence-electron chi connectivity index (χ4n) is 1.88. The van der Waals surface area contributed by atoms with Crippen LogP contribution in [0.3, 0.4) is 0 Å². The van der Waals surface area contributed by atoms with Crippen LogP contribution in [-0.4, -0.2) is 21.5 Å². The van der Waals surface area contributed by atoms with Crippen molar-refractivity contribution in [3.8, 4) is 0 Å². The van der Waals surface area contributed by atoms with Crippen LogP contribution in [0.5, 0.6) is 0 Å².